The minimum Gasteiger partial charge on any atom is -0.491 e. The molecule has 3 aromatic rings. The lowest BCUT2D eigenvalue weighted by Crippen LogP contribution is -2.54. The molecule has 2 aromatic carbocycles. The van der Waals surface area contributed by atoms with Crippen molar-refractivity contribution in [3.63, 3.8) is 0 Å². The van der Waals surface area contributed by atoms with Crippen LogP contribution in [-0.4, -0.2) is 83.8 Å². The lowest BCUT2D eigenvalue weighted by atomic mass is 10.1. The topological polar surface area (TPSA) is 69.1 Å². The van der Waals surface area contributed by atoms with Gasteiger partial charge in [-0.15, -0.1) is 11.3 Å². The van der Waals surface area contributed by atoms with Gasteiger partial charge in [0.15, 0.2) is 0 Å². The van der Waals surface area contributed by atoms with Crippen molar-refractivity contribution in [2.75, 3.05) is 50.8 Å². The molecule has 34 heavy (non-hydrogen) atoms. The molecule has 5 rings (SSSR count). The minimum absolute atomic E-state index is 0.0408. The summed E-state index contributed by atoms with van der Waals surface area (Å²) >= 11 is 1.67. The maximum absolute atomic E-state index is 13.1. The van der Waals surface area contributed by atoms with Crippen LogP contribution in [0.25, 0.3) is 10.2 Å². The van der Waals surface area contributed by atoms with Gasteiger partial charge in [-0.3, -0.25) is 14.6 Å². The molecule has 0 aliphatic carbocycles. The summed E-state index contributed by atoms with van der Waals surface area (Å²) in [7, 11) is 0. The van der Waals surface area contributed by atoms with Gasteiger partial charge in [0.1, 0.15) is 18.5 Å². The van der Waals surface area contributed by atoms with Crippen LogP contribution in [0, 0.1) is 13.8 Å². The van der Waals surface area contributed by atoms with Crippen molar-refractivity contribution in [1.82, 2.24) is 14.8 Å². The quantitative estimate of drug-likeness (QED) is 0.561. The molecule has 0 saturated carbocycles. The molecule has 1 N–H and O–H groups in total. The molecule has 2 atom stereocenters. The number of hydrogen-bond donors (Lipinski definition) is 1. The van der Waals surface area contributed by atoms with Crippen LogP contribution in [0.5, 0.6) is 5.75 Å². The number of aryl methyl sites for hydroxylation is 2. The Kier molecular flexibility index (Phi) is 6.83. The van der Waals surface area contributed by atoms with E-state index in [0.29, 0.717) is 6.54 Å². The highest BCUT2D eigenvalue weighted by molar-refractivity contribution is 7.18. The van der Waals surface area contributed by atoms with Crippen LogP contribution in [-0.2, 0) is 4.79 Å². The van der Waals surface area contributed by atoms with Gasteiger partial charge in [-0.25, -0.2) is 4.98 Å². The number of piperazine rings is 1. The first kappa shape index (κ1) is 23.2. The molecule has 7 nitrogen and oxygen atoms in total. The van der Waals surface area contributed by atoms with Crippen molar-refractivity contribution in [3.05, 3.63) is 53.0 Å². The summed E-state index contributed by atoms with van der Waals surface area (Å²) in [6.07, 6.45) is 0.302. The van der Waals surface area contributed by atoms with Crippen LogP contribution in [0.15, 0.2) is 42.5 Å². The van der Waals surface area contributed by atoms with Crippen LogP contribution in [0.2, 0.25) is 0 Å². The lowest BCUT2D eigenvalue weighted by Gasteiger charge is -2.37. The van der Waals surface area contributed by atoms with E-state index in [-0.39, 0.29) is 18.6 Å². The van der Waals surface area contributed by atoms with Gasteiger partial charge in [-0.2, -0.15) is 0 Å². The van der Waals surface area contributed by atoms with E-state index in [4.69, 9.17) is 4.74 Å². The Hall–Kier alpha value is -2.52. The molecule has 1 unspecified atom stereocenters. The zero-order valence-electron chi connectivity index (χ0n) is 19.8. The third-order valence-electron chi connectivity index (χ3n) is 6.75. The van der Waals surface area contributed by atoms with Crippen LogP contribution in [0.3, 0.4) is 0 Å². The van der Waals surface area contributed by atoms with Gasteiger partial charge in [0, 0.05) is 51.0 Å². The number of nitrogens with zero attached hydrogens (tertiary/aromatic N) is 4. The Bertz CT molecular complexity index is 1140. The molecule has 180 valence electrons. The summed E-state index contributed by atoms with van der Waals surface area (Å²) in [6.45, 7) is 9.01. The van der Waals surface area contributed by atoms with Crippen molar-refractivity contribution in [2.45, 2.75) is 32.4 Å². The van der Waals surface area contributed by atoms with E-state index in [1.807, 2.05) is 42.2 Å². The van der Waals surface area contributed by atoms with Gasteiger partial charge >= 0.3 is 0 Å². The highest BCUT2D eigenvalue weighted by Crippen LogP contribution is 2.27. The van der Waals surface area contributed by atoms with Crippen molar-refractivity contribution in [1.29, 1.82) is 0 Å². The number of carbonyl (C=O) groups excluding carboxylic acids is 1. The summed E-state index contributed by atoms with van der Waals surface area (Å²) in [4.78, 5) is 24.0. The number of aromatic nitrogens is 1. The van der Waals surface area contributed by atoms with E-state index in [9.17, 15) is 9.90 Å². The number of aliphatic hydroxyl groups excluding tert-OH is 1. The standard InChI is InChI=1S/C26H32N4O3S/c1-18-3-5-20(6-4-18)30-10-9-24(26(30)32)29-13-11-28(12-14-29)16-21(31)17-33-22-7-8-25-23(15-22)27-19(2)34-25/h3-8,15,21,24,31H,9-14,16-17H2,1-2H3/t21-,24?/m1/s1. The smallest absolute Gasteiger partial charge is 0.244 e. The summed E-state index contributed by atoms with van der Waals surface area (Å²) in [6, 6.07) is 14.0. The molecule has 3 heterocycles. The summed E-state index contributed by atoms with van der Waals surface area (Å²) in [5, 5.41) is 11.6. The second kappa shape index (κ2) is 10.00. The van der Waals surface area contributed by atoms with Crippen molar-refractivity contribution >= 4 is 33.1 Å². The van der Waals surface area contributed by atoms with Crippen LogP contribution in [0.1, 0.15) is 17.0 Å². The number of fused-ring (bicyclic) bond motifs is 1. The average molecular weight is 481 g/mol. The summed E-state index contributed by atoms with van der Waals surface area (Å²) < 4.78 is 6.98. The second-order valence-corrected chi connectivity index (χ2v) is 10.5. The van der Waals surface area contributed by atoms with Gasteiger partial charge < -0.3 is 14.7 Å². The maximum atomic E-state index is 13.1. The predicted molar refractivity (Wildman–Crippen MR) is 136 cm³/mol. The fraction of sp³-hybridized carbons (Fsp3) is 0.462. The van der Waals surface area contributed by atoms with E-state index in [2.05, 4.69) is 33.8 Å². The van der Waals surface area contributed by atoms with Crippen molar-refractivity contribution in [3.8, 4) is 5.75 Å². The molecule has 8 heteroatoms. The highest BCUT2D eigenvalue weighted by Gasteiger charge is 2.37. The fourth-order valence-corrected chi connectivity index (χ4v) is 5.71. The van der Waals surface area contributed by atoms with E-state index in [1.54, 1.807) is 11.3 Å². The number of thiazole rings is 1. The molecule has 0 spiro atoms. The van der Waals surface area contributed by atoms with Gasteiger partial charge in [0.05, 0.1) is 21.3 Å². The second-order valence-electron chi connectivity index (χ2n) is 9.29. The number of carbonyl (C=O) groups is 1. The van der Waals surface area contributed by atoms with Gasteiger partial charge in [0.2, 0.25) is 5.91 Å². The minimum atomic E-state index is -0.565. The highest BCUT2D eigenvalue weighted by atomic mass is 32.1. The fourth-order valence-electron chi connectivity index (χ4n) is 4.90. The third kappa shape index (κ3) is 5.10. The number of β-amino-alcohol motifs (C(OH)–C–C–N with tert-alkyl or cyclic N) is 1. The van der Waals surface area contributed by atoms with Crippen LogP contribution >= 0.6 is 11.3 Å². The molecule has 2 fully saturated rings. The Balaban J connectivity index is 1.07. The average Bonchev–Trinajstić information content (AvgIpc) is 3.40. The Morgan fingerprint density at radius 1 is 1.09 bits per heavy atom. The molecule has 2 aliphatic heterocycles. The molecule has 1 amide bonds. The van der Waals surface area contributed by atoms with Crippen LogP contribution in [0.4, 0.5) is 5.69 Å². The van der Waals surface area contributed by atoms with E-state index in [0.717, 1.165) is 65.8 Å². The zero-order chi connectivity index (χ0) is 23.7. The van der Waals surface area contributed by atoms with E-state index < -0.39 is 6.10 Å². The van der Waals surface area contributed by atoms with Crippen molar-refractivity contribution in [2.24, 2.45) is 0 Å². The SMILES string of the molecule is Cc1ccc(N2CCC(N3CCN(C[C@@H](O)COc4ccc5sc(C)nc5c4)CC3)C2=O)cc1. The molecule has 1 aromatic heterocycles. The lowest BCUT2D eigenvalue weighted by molar-refractivity contribution is -0.122. The van der Waals surface area contributed by atoms with Gasteiger partial charge in [-0.05, 0) is 44.5 Å². The Labute approximate surface area is 204 Å². The number of hydrogen-bond acceptors (Lipinski definition) is 7. The third-order valence-corrected chi connectivity index (χ3v) is 7.70. The first-order valence-electron chi connectivity index (χ1n) is 12.0. The predicted octanol–water partition coefficient (Wildman–Crippen LogP) is 3.08. The summed E-state index contributed by atoms with van der Waals surface area (Å²) in [5.74, 6) is 0.942. The number of ether oxygens (including phenoxy) is 1. The number of anilines is 1. The number of benzene rings is 2. The molecular formula is C26H32N4O3S. The monoisotopic (exact) mass is 480 g/mol. The van der Waals surface area contributed by atoms with E-state index >= 15 is 0 Å². The molecule has 0 bridgehead atoms. The normalized spacial score (nSPS) is 20.9. The van der Waals surface area contributed by atoms with E-state index in [1.165, 1.54) is 5.56 Å². The number of rotatable bonds is 7. The first-order chi connectivity index (χ1) is 16.5. The largest absolute Gasteiger partial charge is 0.491 e. The summed E-state index contributed by atoms with van der Waals surface area (Å²) in [5.41, 5.74) is 3.13. The van der Waals surface area contributed by atoms with Crippen LogP contribution < -0.4 is 9.64 Å². The first-order valence-corrected chi connectivity index (χ1v) is 12.8. The maximum Gasteiger partial charge on any atom is 0.244 e. The Morgan fingerprint density at radius 3 is 2.62 bits per heavy atom. The molecule has 0 radical (unpaired) electrons. The van der Waals surface area contributed by atoms with Gasteiger partial charge in [-0.1, -0.05) is 17.7 Å². The zero-order valence-corrected chi connectivity index (χ0v) is 20.6. The molecule has 2 aliphatic rings. The van der Waals surface area contributed by atoms with Gasteiger partial charge in [0.25, 0.3) is 0 Å². The molecular weight excluding hydrogens is 448 g/mol. The number of aliphatic hydroxyl groups is 1. The Morgan fingerprint density at radius 2 is 1.85 bits per heavy atom. The van der Waals surface area contributed by atoms with Crippen molar-refractivity contribution < 1.29 is 14.6 Å². The molecule has 2 saturated heterocycles. The number of amides is 1.